The van der Waals surface area contributed by atoms with Crippen molar-refractivity contribution in [2.24, 2.45) is 5.10 Å². The molecule has 0 bridgehead atoms. The lowest BCUT2D eigenvalue weighted by molar-refractivity contribution is -0.118. The topological polar surface area (TPSA) is 50.7 Å². The molecule has 1 N–H and O–H groups in total. The number of hydrogen-bond acceptors (Lipinski definition) is 4. The zero-order valence-electron chi connectivity index (χ0n) is 13.7. The van der Waals surface area contributed by atoms with Gasteiger partial charge in [0.05, 0.1) is 12.0 Å². The van der Waals surface area contributed by atoms with Crippen LogP contribution in [-0.4, -0.2) is 24.5 Å². The third-order valence-electron chi connectivity index (χ3n) is 3.08. The van der Waals surface area contributed by atoms with E-state index in [-0.39, 0.29) is 5.91 Å². The summed E-state index contributed by atoms with van der Waals surface area (Å²) in [5.74, 6) is 1.56. The van der Waals surface area contributed by atoms with Crippen LogP contribution in [0.1, 0.15) is 11.1 Å². The Balaban J connectivity index is 1.75. The fraction of sp³-hybridized carbons (Fsp3) is 0.158. The van der Waals surface area contributed by atoms with Gasteiger partial charge in [-0.15, -0.1) is 11.8 Å². The summed E-state index contributed by atoms with van der Waals surface area (Å²) in [6.45, 7) is 4.05. The Morgan fingerprint density at radius 3 is 2.92 bits per heavy atom. The van der Waals surface area contributed by atoms with Gasteiger partial charge in [0.1, 0.15) is 12.4 Å². The van der Waals surface area contributed by atoms with E-state index in [1.54, 1.807) is 12.3 Å². The lowest BCUT2D eigenvalue weighted by atomic mass is 10.2. The first-order valence-corrected chi connectivity index (χ1v) is 9.19. The highest BCUT2D eigenvalue weighted by Gasteiger charge is 2.03. The number of thioether (sulfide) groups is 1. The lowest BCUT2D eigenvalue weighted by Crippen LogP contribution is -2.19. The van der Waals surface area contributed by atoms with Gasteiger partial charge in [0, 0.05) is 10.8 Å². The number of amides is 1. The van der Waals surface area contributed by atoms with E-state index in [4.69, 9.17) is 16.3 Å². The molecular formula is C19H19ClN2O2S. The zero-order chi connectivity index (χ0) is 17.9. The van der Waals surface area contributed by atoms with Gasteiger partial charge in [0.15, 0.2) is 0 Å². The number of nitrogens with zero attached hydrogens (tertiary/aromatic N) is 1. The van der Waals surface area contributed by atoms with Gasteiger partial charge in [-0.3, -0.25) is 4.79 Å². The van der Waals surface area contributed by atoms with Crippen molar-refractivity contribution in [3.63, 3.8) is 0 Å². The van der Waals surface area contributed by atoms with Crippen molar-refractivity contribution in [2.75, 3.05) is 12.4 Å². The third-order valence-corrected chi connectivity index (χ3v) is 4.43. The van der Waals surface area contributed by atoms with Crippen molar-refractivity contribution in [3.8, 4) is 5.75 Å². The second-order valence-electron chi connectivity index (χ2n) is 5.05. The third kappa shape index (κ3) is 7.03. The van der Waals surface area contributed by atoms with Crippen LogP contribution in [-0.2, 0) is 10.5 Å². The summed E-state index contributed by atoms with van der Waals surface area (Å²) in [5.41, 5.74) is 4.37. The highest BCUT2D eigenvalue weighted by Crippen LogP contribution is 2.20. The quantitative estimate of drug-likeness (QED) is 0.404. The summed E-state index contributed by atoms with van der Waals surface area (Å²) in [4.78, 5) is 11.8. The largest absolute Gasteiger partial charge is 0.490 e. The molecule has 0 atom stereocenters. The minimum absolute atomic E-state index is 0.160. The fourth-order valence-corrected chi connectivity index (χ4v) is 3.03. The van der Waals surface area contributed by atoms with Crippen LogP contribution in [0.25, 0.3) is 0 Å². The smallest absolute Gasteiger partial charge is 0.250 e. The Kier molecular flexibility index (Phi) is 8.09. The molecule has 2 rings (SSSR count). The zero-order valence-corrected chi connectivity index (χ0v) is 15.2. The van der Waals surface area contributed by atoms with E-state index in [2.05, 4.69) is 17.1 Å². The summed E-state index contributed by atoms with van der Waals surface area (Å²) in [6.07, 6.45) is 3.26. The van der Waals surface area contributed by atoms with Crippen molar-refractivity contribution in [1.82, 2.24) is 5.43 Å². The molecule has 0 aliphatic heterocycles. The van der Waals surface area contributed by atoms with E-state index in [9.17, 15) is 4.79 Å². The van der Waals surface area contributed by atoms with Gasteiger partial charge >= 0.3 is 0 Å². The molecule has 1 amide bonds. The molecule has 6 heteroatoms. The molecule has 0 unspecified atom stereocenters. The number of ether oxygens (including phenoxy) is 1. The van der Waals surface area contributed by atoms with Crippen molar-refractivity contribution in [2.45, 2.75) is 5.75 Å². The molecule has 0 aliphatic carbocycles. The molecule has 0 aliphatic rings. The summed E-state index contributed by atoms with van der Waals surface area (Å²) in [5, 5.41) is 4.68. The van der Waals surface area contributed by atoms with E-state index >= 15 is 0 Å². The van der Waals surface area contributed by atoms with Crippen LogP contribution in [0.15, 0.2) is 66.3 Å². The van der Waals surface area contributed by atoms with E-state index < -0.39 is 0 Å². The summed E-state index contributed by atoms with van der Waals surface area (Å²) in [7, 11) is 0. The normalized spacial score (nSPS) is 10.6. The SMILES string of the molecule is C=CCOc1cccc(/C=N\NC(=O)CSCc2ccccc2Cl)c1. The van der Waals surface area contributed by atoms with Gasteiger partial charge in [-0.25, -0.2) is 5.43 Å². The maximum atomic E-state index is 11.8. The number of rotatable bonds is 9. The fourth-order valence-electron chi connectivity index (χ4n) is 1.92. The van der Waals surface area contributed by atoms with Gasteiger partial charge < -0.3 is 4.74 Å². The molecule has 4 nitrogen and oxygen atoms in total. The van der Waals surface area contributed by atoms with Crippen molar-refractivity contribution in [1.29, 1.82) is 0 Å². The molecule has 2 aromatic carbocycles. The molecule has 0 saturated heterocycles. The van der Waals surface area contributed by atoms with E-state index in [0.717, 1.165) is 16.9 Å². The number of carbonyl (C=O) groups is 1. The van der Waals surface area contributed by atoms with E-state index in [1.165, 1.54) is 11.8 Å². The summed E-state index contributed by atoms with van der Waals surface area (Å²) >= 11 is 7.57. The summed E-state index contributed by atoms with van der Waals surface area (Å²) in [6, 6.07) is 15.0. The van der Waals surface area contributed by atoms with E-state index in [0.29, 0.717) is 23.1 Å². The summed E-state index contributed by atoms with van der Waals surface area (Å²) < 4.78 is 5.45. The number of benzene rings is 2. The van der Waals surface area contributed by atoms with Crippen LogP contribution in [0.5, 0.6) is 5.75 Å². The van der Waals surface area contributed by atoms with E-state index in [1.807, 2.05) is 48.5 Å². The molecule has 25 heavy (non-hydrogen) atoms. The molecule has 0 aromatic heterocycles. The number of halogens is 1. The Labute approximate surface area is 156 Å². The van der Waals surface area contributed by atoms with Gasteiger partial charge in [-0.1, -0.05) is 54.6 Å². The van der Waals surface area contributed by atoms with Gasteiger partial charge in [0.25, 0.3) is 0 Å². The molecule has 0 spiro atoms. The molecule has 2 aromatic rings. The number of nitrogens with one attached hydrogen (secondary N) is 1. The highest BCUT2D eigenvalue weighted by atomic mass is 35.5. The van der Waals surface area contributed by atoms with Gasteiger partial charge in [0.2, 0.25) is 5.91 Å². The van der Waals surface area contributed by atoms with Gasteiger partial charge in [-0.05, 0) is 29.3 Å². The van der Waals surface area contributed by atoms with Crippen LogP contribution in [0.3, 0.4) is 0 Å². The average Bonchev–Trinajstić information content (AvgIpc) is 2.62. The molecule has 0 heterocycles. The second-order valence-corrected chi connectivity index (χ2v) is 6.44. The van der Waals surface area contributed by atoms with Gasteiger partial charge in [-0.2, -0.15) is 5.10 Å². The van der Waals surface area contributed by atoms with Crippen LogP contribution < -0.4 is 10.2 Å². The first kappa shape index (κ1) is 19.1. The van der Waals surface area contributed by atoms with Crippen LogP contribution in [0, 0.1) is 0 Å². The predicted octanol–water partition coefficient (Wildman–Crippen LogP) is 4.29. The number of carbonyl (C=O) groups excluding carboxylic acids is 1. The monoisotopic (exact) mass is 374 g/mol. The average molecular weight is 375 g/mol. The second kappa shape index (κ2) is 10.6. The highest BCUT2D eigenvalue weighted by molar-refractivity contribution is 7.99. The number of hydrazone groups is 1. The first-order valence-electron chi connectivity index (χ1n) is 7.66. The maximum absolute atomic E-state index is 11.8. The van der Waals surface area contributed by atoms with Crippen molar-refractivity contribution < 1.29 is 9.53 Å². The van der Waals surface area contributed by atoms with Crippen LogP contribution in [0.4, 0.5) is 0 Å². The first-order chi connectivity index (χ1) is 12.2. The maximum Gasteiger partial charge on any atom is 0.250 e. The van der Waals surface area contributed by atoms with Crippen LogP contribution in [0.2, 0.25) is 5.02 Å². The molecule has 0 saturated carbocycles. The molecule has 0 fully saturated rings. The number of hydrogen-bond donors (Lipinski definition) is 1. The molecular weight excluding hydrogens is 356 g/mol. The van der Waals surface area contributed by atoms with Crippen LogP contribution >= 0.6 is 23.4 Å². The predicted molar refractivity (Wildman–Crippen MR) is 105 cm³/mol. The minimum atomic E-state index is -0.160. The minimum Gasteiger partial charge on any atom is -0.490 e. The Morgan fingerprint density at radius 2 is 2.12 bits per heavy atom. The Bertz CT molecular complexity index is 750. The Morgan fingerprint density at radius 1 is 1.28 bits per heavy atom. The molecule has 130 valence electrons. The lowest BCUT2D eigenvalue weighted by Gasteiger charge is -2.04. The Hall–Kier alpha value is -2.24. The molecule has 0 radical (unpaired) electrons. The van der Waals surface area contributed by atoms with Crippen molar-refractivity contribution >= 4 is 35.5 Å². The standard InChI is InChI=1S/C19H19ClN2O2S/c1-2-10-24-17-8-5-6-15(11-17)12-21-22-19(23)14-25-13-16-7-3-4-9-18(16)20/h2-9,11-12H,1,10,13-14H2,(H,22,23)/b21-12-. The van der Waals surface area contributed by atoms with Crippen molar-refractivity contribution in [3.05, 3.63) is 77.3 Å².